The van der Waals surface area contributed by atoms with Crippen molar-refractivity contribution in [3.8, 4) is 0 Å². The van der Waals surface area contributed by atoms with Crippen molar-refractivity contribution in [2.45, 2.75) is 18.2 Å². The molecule has 0 saturated carbocycles. The van der Waals surface area contributed by atoms with Crippen molar-refractivity contribution in [3.63, 3.8) is 0 Å². The number of hydrogen-bond donors (Lipinski definition) is 2. The molecule has 0 unspecified atom stereocenters. The van der Waals surface area contributed by atoms with Crippen LogP contribution in [0.15, 0.2) is 54.6 Å². The van der Waals surface area contributed by atoms with Gasteiger partial charge in [-0.25, -0.2) is 0 Å². The molecule has 110 valence electrons. The second kappa shape index (κ2) is 6.63. The van der Waals surface area contributed by atoms with Gasteiger partial charge in [-0.3, -0.25) is 10.5 Å². The van der Waals surface area contributed by atoms with Crippen LogP contribution in [0.2, 0.25) is 0 Å². The van der Waals surface area contributed by atoms with Crippen molar-refractivity contribution < 1.29 is 14.6 Å². The number of hydrogen-bond acceptors (Lipinski definition) is 4. The minimum Gasteiger partial charge on any atom is -0.388 e. The topological polar surface area (TPSA) is 72.5 Å². The van der Waals surface area contributed by atoms with E-state index in [4.69, 9.17) is 10.5 Å². The van der Waals surface area contributed by atoms with Crippen molar-refractivity contribution in [1.29, 1.82) is 0 Å². The predicted octanol–water partition coefficient (Wildman–Crippen LogP) is 1.86. The van der Waals surface area contributed by atoms with E-state index in [1.165, 1.54) is 7.11 Å². The van der Waals surface area contributed by atoms with Crippen LogP contribution in [0.5, 0.6) is 0 Å². The smallest absolute Gasteiger partial charge is 0.169 e. The SMILES string of the molecule is CO[C@](N)(c1ccccc1C=O)[C@H](O)Cc1ccccc1. The van der Waals surface area contributed by atoms with Crippen LogP contribution < -0.4 is 5.73 Å². The maximum Gasteiger partial charge on any atom is 0.169 e. The van der Waals surface area contributed by atoms with Crippen LogP contribution in [0.25, 0.3) is 0 Å². The lowest BCUT2D eigenvalue weighted by Gasteiger charge is -2.34. The molecule has 0 saturated heterocycles. The first kappa shape index (κ1) is 15.4. The van der Waals surface area contributed by atoms with Crippen molar-refractivity contribution in [2.75, 3.05) is 7.11 Å². The van der Waals surface area contributed by atoms with E-state index in [9.17, 15) is 9.90 Å². The molecule has 0 aliphatic heterocycles. The molecule has 2 rings (SSSR count). The molecule has 0 aliphatic carbocycles. The number of carbonyl (C=O) groups is 1. The van der Waals surface area contributed by atoms with Gasteiger partial charge in [-0.15, -0.1) is 0 Å². The molecule has 0 amide bonds. The highest BCUT2D eigenvalue weighted by atomic mass is 16.5. The summed E-state index contributed by atoms with van der Waals surface area (Å²) in [5.74, 6) is 0. The first-order valence-electron chi connectivity index (χ1n) is 6.72. The quantitative estimate of drug-likeness (QED) is 0.627. The average molecular weight is 285 g/mol. The van der Waals surface area contributed by atoms with Crippen LogP contribution in [0, 0.1) is 0 Å². The summed E-state index contributed by atoms with van der Waals surface area (Å²) in [6.07, 6.45) is 0.0647. The highest BCUT2D eigenvalue weighted by Crippen LogP contribution is 2.27. The van der Waals surface area contributed by atoms with E-state index in [-0.39, 0.29) is 0 Å². The largest absolute Gasteiger partial charge is 0.388 e. The monoisotopic (exact) mass is 285 g/mol. The van der Waals surface area contributed by atoms with Crippen molar-refractivity contribution >= 4 is 6.29 Å². The third-order valence-corrected chi connectivity index (χ3v) is 3.61. The van der Waals surface area contributed by atoms with E-state index in [0.717, 1.165) is 5.56 Å². The molecule has 3 N–H and O–H groups in total. The number of benzene rings is 2. The molecular formula is C17H19NO3. The summed E-state index contributed by atoms with van der Waals surface area (Å²) in [7, 11) is 1.43. The van der Waals surface area contributed by atoms with E-state index in [1.54, 1.807) is 24.3 Å². The number of nitrogens with two attached hydrogens (primary N) is 1. The Kier molecular flexibility index (Phi) is 4.85. The van der Waals surface area contributed by atoms with Crippen LogP contribution in [0.4, 0.5) is 0 Å². The van der Waals surface area contributed by atoms with Gasteiger partial charge in [-0.1, -0.05) is 54.6 Å². The number of aliphatic hydroxyl groups is 1. The normalized spacial score (nSPS) is 15.2. The van der Waals surface area contributed by atoms with Crippen LogP contribution in [-0.2, 0) is 16.9 Å². The first-order valence-corrected chi connectivity index (χ1v) is 6.72. The number of ether oxygens (including phenoxy) is 1. The molecule has 2 aromatic rings. The zero-order valence-electron chi connectivity index (χ0n) is 11.9. The van der Waals surface area contributed by atoms with Gasteiger partial charge >= 0.3 is 0 Å². The van der Waals surface area contributed by atoms with Gasteiger partial charge in [0, 0.05) is 24.7 Å². The first-order chi connectivity index (χ1) is 10.1. The van der Waals surface area contributed by atoms with E-state index >= 15 is 0 Å². The summed E-state index contributed by atoms with van der Waals surface area (Å²) in [5, 5.41) is 10.5. The van der Waals surface area contributed by atoms with Gasteiger partial charge in [0.25, 0.3) is 0 Å². The van der Waals surface area contributed by atoms with Gasteiger partial charge in [-0.05, 0) is 5.56 Å². The van der Waals surface area contributed by atoms with Crippen LogP contribution in [0.3, 0.4) is 0 Å². The fourth-order valence-electron chi connectivity index (χ4n) is 2.37. The van der Waals surface area contributed by atoms with Gasteiger partial charge < -0.3 is 9.84 Å². The van der Waals surface area contributed by atoms with Crippen LogP contribution >= 0.6 is 0 Å². The predicted molar refractivity (Wildman–Crippen MR) is 80.9 cm³/mol. The molecule has 2 aromatic carbocycles. The minimum atomic E-state index is -1.44. The van der Waals surface area contributed by atoms with E-state index in [1.807, 2.05) is 30.3 Å². The summed E-state index contributed by atoms with van der Waals surface area (Å²) >= 11 is 0. The molecule has 4 nitrogen and oxygen atoms in total. The lowest BCUT2D eigenvalue weighted by atomic mass is 9.90. The number of aliphatic hydroxyl groups excluding tert-OH is 1. The molecule has 0 spiro atoms. The van der Waals surface area contributed by atoms with E-state index in [2.05, 4.69) is 0 Å². The Hall–Kier alpha value is -2.01. The molecular weight excluding hydrogens is 266 g/mol. The Labute approximate surface area is 124 Å². The molecule has 2 atom stereocenters. The lowest BCUT2D eigenvalue weighted by Crippen LogP contribution is -2.51. The zero-order chi connectivity index (χ0) is 15.3. The number of aldehydes is 1. The maximum absolute atomic E-state index is 11.2. The van der Waals surface area contributed by atoms with Gasteiger partial charge in [0.1, 0.15) is 12.4 Å². The molecule has 0 radical (unpaired) electrons. The van der Waals surface area contributed by atoms with Crippen LogP contribution in [0.1, 0.15) is 21.5 Å². The molecule has 0 aliphatic rings. The third-order valence-electron chi connectivity index (χ3n) is 3.61. The van der Waals surface area contributed by atoms with Crippen molar-refractivity contribution in [3.05, 3.63) is 71.3 Å². The van der Waals surface area contributed by atoms with Gasteiger partial charge in [-0.2, -0.15) is 0 Å². The molecule has 0 heterocycles. The molecule has 0 fully saturated rings. The number of carbonyl (C=O) groups excluding carboxylic acids is 1. The average Bonchev–Trinajstić information content (AvgIpc) is 2.55. The highest BCUT2D eigenvalue weighted by Gasteiger charge is 2.37. The lowest BCUT2D eigenvalue weighted by molar-refractivity contribution is -0.105. The van der Waals surface area contributed by atoms with E-state index < -0.39 is 11.8 Å². The Morgan fingerprint density at radius 3 is 2.43 bits per heavy atom. The summed E-state index contributed by atoms with van der Waals surface area (Å²) in [5.41, 5.74) is 6.65. The second-order valence-electron chi connectivity index (χ2n) is 4.91. The Morgan fingerprint density at radius 2 is 1.81 bits per heavy atom. The highest BCUT2D eigenvalue weighted by molar-refractivity contribution is 5.77. The number of rotatable bonds is 6. The summed E-state index contributed by atoms with van der Waals surface area (Å²) < 4.78 is 5.37. The molecule has 0 bridgehead atoms. The summed E-state index contributed by atoms with van der Waals surface area (Å²) in [6.45, 7) is 0. The minimum absolute atomic E-state index is 0.332. The summed E-state index contributed by atoms with van der Waals surface area (Å²) in [6, 6.07) is 16.4. The van der Waals surface area contributed by atoms with E-state index in [0.29, 0.717) is 23.8 Å². The fraction of sp³-hybridized carbons (Fsp3) is 0.235. The van der Waals surface area contributed by atoms with Crippen molar-refractivity contribution in [1.82, 2.24) is 0 Å². The van der Waals surface area contributed by atoms with Crippen LogP contribution in [-0.4, -0.2) is 24.6 Å². The van der Waals surface area contributed by atoms with Gasteiger partial charge in [0.2, 0.25) is 0 Å². The van der Waals surface area contributed by atoms with Crippen molar-refractivity contribution in [2.24, 2.45) is 5.73 Å². The zero-order valence-corrected chi connectivity index (χ0v) is 11.9. The summed E-state index contributed by atoms with van der Waals surface area (Å²) in [4.78, 5) is 11.2. The standard InChI is InChI=1S/C17H19NO3/c1-21-17(18,15-10-6-5-9-14(15)12-19)16(20)11-13-7-3-2-4-8-13/h2-10,12,16,20H,11,18H2,1H3/t16-,17-/m1/s1. The molecule has 21 heavy (non-hydrogen) atoms. The number of methoxy groups -OCH3 is 1. The molecule has 4 heteroatoms. The second-order valence-corrected chi connectivity index (χ2v) is 4.91. The third kappa shape index (κ3) is 3.19. The Bertz CT molecular complexity index is 600. The fourth-order valence-corrected chi connectivity index (χ4v) is 2.37. The molecule has 0 aromatic heterocycles. The maximum atomic E-state index is 11.2. The van der Waals surface area contributed by atoms with Gasteiger partial charge in [0.05, 0.1) is 0 Å². The Morgan fingerprint density at radius 1 is 1.19 bits per heavy atom. The van der Waals surface area contributed by atoms with Gasteiger partial charge in [0.15, 0.2) is 5.72 Å². The Balaban J connectivity index is 2.34.